The molecule has 6 rings (SSSR count). The van der Waals surface area contributed by atoms with Gasteiger partial charge in [-0.15, -0.1) is 0 Å². The van der Waals surface area contributed by atoms with E-state index in [9.17, 15) is 22.8 Å². The number of pyridine rings is 1. The van der Waals surface area contributed by atoms with Crippen LogP contribution in [0.5, 0.6) is 0 Å². The van der Waals surface area contributed by atoms with E-state index in [1.165, 1.54) is 0 Å². The summed E-state index contributed by atoms with van der Waals surface area (Å²) < 4.78 is 39.0. The molecule has 2 amide bonds. The van der Waals surface area contributed by atoms with Gasteiger partial charge < -0.3 is 10.6 Å². The molecule has 4 saturated carbocycles. The van der Waals surface area contributed by atoms with Crippen molar-refractivity contribution in [3.63, 3.8) is 0 Å². The first kappa shape index (κ1) is 21.8. The Hall–Kier alpha value is -3.04. The standard InChI is InChI=1S/C23H24F3N5O2/c1-13-3-2-4-16(28-13)19(32)30-21-6-14-5-15(7-21)9-22(8-14,12-21)31-20(33)17-10-27-11-18(29-17)23(24,25)26/h2-4,10-11,14-15H,5-9,12H2,1H3,(H,30,32)(H,31,33). The van der Waals surface area contributed by atoms with Gasteiger partial charge in [0, 0.05) is 16.8 Å². The first-order valence-electron chi connectivity index (χ1n) is 11.0. The second-order valence-corrected chi connectivity index (χ2v) is 9.88. The van der Waals surface area contributed by atoms with E-state index in [2.05, 4.69) is 25.6 Å². The Balaban J connectivity index is 1.37. The molecule has 2 aromatic rings. The van der Waals surface area contributed by atoms with E-state index in [1.807, 2.05) is 13.0 Å². The van der Waals surface area contributed by atoms with E-state index in [-0.39, 0.29) is 11.6 Å². The van der Waals surface area contributed by atoms with E-state index >= 15 is 0 Å². The lowest BCUT2D eigenvalue weighted by atomic mass is 9.49. The van der Waals surface area contributed by atoms with Crippen molar-refractivity contribution in [3.05, 3.63) is 53.4 Å². The van der Waals surface area contributed by atoms with Crippen LogP contribution in [0.4, 0.5) is 13.2 Å². The number of hydrogen-bond acceptors (Lipinski definition) is 5. The Morgan fingerprint density at radius 1 is 0.939 bits per heavy atom. The molecular weight excluding hydrogens is 435 g/mol. The summed E-state index contributed by atoms with van der Waals surface area (Å²) in [5.41, 5.74) is -1.52. The van der Waals surface area contributed by atoms with Crippen LogP contribution in [-0.4, -0.2) is 37.8 Å². The van der Waals surface area contributed by atoms with Crippen molar-refractivity contribution >= 4 is 11.8 Å². The van der Waals surface area contributed by atoms with Crippen molar-refractivity contribution in [2.24, 2.45) is 11.8 Å². The zero-order chi connectivity index (χ0) is 23.4. The highest BCUT2D eigenvalue weighted by Gasteiger charge is 2.59. The highest BCUT2D eigenvalue weighted by molar-refractivity contribution is 5.93. The minimum atomic E-state index is -4.68. The van der Waals surface area contributed by atoms with Gasteiger partial charge in [0.2, 0.25) is 0 Å². The highest BCUT2D eigenvalue weighted by Crippen LogP contribution is 2.57. The molecule has 4 aliphatic rings. The number of carbonyl (C=O) groups is 2. The molecule has 174 valence electrons. The van der Waals surface area contributed by atoms with Crippen molar-refractivity contribution in [3.8, 4) is 0 Å². The lowest BCUT2D eigenvalue weighted by molar-refractivity contribution is -0.141. The fraction of sp³-hybridized carbons (Fsp3) is 0.522. The van der Waals surface area contributed by atoms with Crippen molar-refractivity contribution in [2.45, 2.75) is 62.7 Å². The quantitative estimate of drug-likeness (QED) is 0.730. The molecule has 10 heteroatoms. The second-order valence-electron chi connectivity index (χ2n) is 9.88. The third kappa shape index (κ3) is 4.18. The van der Waals surface area contributed by atoms with Crippen molar-refractivity contribution in [1.82, 2.24) is 25.6 Å². The average molecular weight is 459 g/mol. The average Bonchev–Trinajstić information content (AvgIpc) is 2.71. The summed E-state index contributed by atoms with van der Waals surface area (Å²) in [6.45, 7) is 1.82. The van der Waals surface area contributed by atoms with E-state index < -0.39 is 28.9 Å². The number of rotatable bonds is 4. The molecule has 2 N–H and O–H groups in total. The molecule has 2 unspecified atom stereocenters. The molecule has 4 bridgehead atoms. The molecule has 0 aromatic carbocycles. The molecule has 4 aliphatic carbocycles. The van der Waals surface area contributed by atoms with Gasteiger partial charge in [-0.05, 0) is 69.4 Å². The second kappa shape index (κ2) is 7.50. The number of halogens is 3. The van der Waals surface area contributed by atoms with Crippen molar-refractivity contribution in [2.75, 3.05) is 0 Å². The maximum absolute atomic E-state index is 13.0. The molecule has 7 nitrogen and oxygen atoms in total. The summed E-state index contributed by atoms with van der Waals surface area (Å²) in [6, 6.07) is 5.28. The van der Waals surface area contributed by atoms with Crippen molar-refractivity contribution < 1.29 is 22.8 Å². The topological polar surface area (TPSA) is 96.9 Å². The zero-order valence-corrected chi connectivity index (χ0v) is 18.1. The first-order valence-corrected chi connectivity index (χ1v) is 11.0. The minimum absolute atomic E-state index is 0.245. The lowest BCUT2D eigenvalue weighted by Crippen LogP contribution is -2.70. The van der Waals surface area contributed by atoms with Gasteiger partial charge in [0.25, 0.3) is 11.8 Å². The van der Waals surface area contributed by atoms with Gasteiger partial charge in [0.1, 0.15) is 11.4 Å². The van der Waals surface area contributed by atoms with E-state index in [1.54, 1.807) is 12.1 Å². The predicted molar refractivity (Wildman–Crippen MR) is 111 cm³/mol. The molecule has 33 heavy (non-hydrogen) atoms. The maximum atomic E-state index is 13.0. The molecule has 4 fully saturated rings. The van der Waals surface area contributed by atoms with Crippen LogP contribution in [0.1, 0.15) is 70.9 Å². The monoisotopic (exact) mass is 459 g/mol. The van der Waals surface area contributed by atoms with Crippen LogP contribution in [0.15, 0.2) is 30.6 Å². The summed E-state index contributed by atoms with van der Waals surface area (Å²) in [7, 11) is 0. The van der Waals surface area contributed by atoms with Crippen LogP contribution in [0.25, 0.3) is 0 Å². The molecule has 0 saturated heterocycles. The third-order valence-corrected chi connectivity index (χ3v) is 7.10. The summed E-state index contributed by atoms with van der Waals surface area (Å²) in [5.74, 6) is -0.266. The normalized spacial score (nSPS) is 30.2. The number of alkyl halides is 3. The molecule has 2 heterocycles. The van der Waals surface area contributed by atoms with Crippen LogP contribution < -0.4 is 10.6 Å². The first-order chi connectivity index (χ1) is 15.5. The van der Waals surface area contributed by atoms with Crippen LogP contribution in [0, 0.1) is 18.8 Å². The summed E-state index contributed by atoms with van der Waals surface area (Å²) >= 11 is 0. The third-order valence-electron chi connectivity index (χ3n) is 7.10. The van der Waals surface area contributed by atoms with Crippen LogP contribution in [0.3, 0.4) is 0 Å². The van der Waals surface area contributed by atoms with Crippen molar-refractivity contribution in [1.29, 1.82) is 0 Å². The largest absolute Gasteiger partial charge is 0.434 e. The number of amides is 2. The van der Waals surface area contributed by atoms with Gasteiger partial charge in [-0.25, -0.2) is 9.97 Å². The SMILES string of the molecule is Cc1cccc(C(=O)NC23CC4CC(C2)CC(NC(=O)c2cncc(C(F)(F)F)n2)(C4)C3)n1. The van der Waals surface area contributed by atoms with Gasteiger partial charge in [0.05, 0.1) is 12.4 Å². The fourth-order valence-corrected chi connectivity index (χ4v) is 6.45. The minimum Gasteiger partial charge on any atom is -0.345 e. The van der Waals surface area contributed by atoms with Crippen LogP contribution >= 0.6 is 0 Å². The Labute approximate surface area is 188 Å². The Bertz CT molecular complexity index is 1110. The Morgan fingerprint density at radius 3 is 2.12 bits per heavy atom. The number of aryl methyl sites for hydroxylation is 1. The van der Waals surface area contributed by atoms with Crippen LogP contribution in [0.2, 0.25) is 0 Å². The number of hydrogen-bond donors (Lipinski definition) is 2. The van der Waals surface area contributed by atoms with Crippen LogP contribution in [-0.2, 0) is 6.18 Å². The number of aromatic nitrogens is 3. The summed E-state index contributed by atoms with van der Waals surface area (Å²) in [5, 5.41) is 6.20. The number of nitrogens with zero attached hydrogens (tertiary/aromatic N) is 3. The van der Waals surface area contributed by atoms with Gasteiger partial charge in [-0.1, -0.05) is 6.07 Å². The Kier molecular flexibility index (Phi) is 4.95. The van der Waals surface area contributed by atoms with Gasteiger partial charge >= 0.3 is 6.18 Å². The predicted octanol–water partition coefficient (Wildman–Crippen LogP) is 3.45. The summed E-state index contributed by atoms with van der Waals surface area (Å²) in [4.78, 5) is 37.2. The maximum Gasteiger partial charge on any atom is 0.434 e. The molecular formula is C23H24F3N5O2. The lowest BCUT2D eigenvalue weighted by Gasteiger charge is -2.62. The van der Waals surface area contributed by atoms with Gasteiger partial charge in [-0.2, -0.15) is 13.2 Å². The smallest absolute Gasteiger partial charge is 0.345 e. The number of nitrogens with one attached hydrogen (secondary N) is 2. The molecule has 0 radical (unpaired) electrons. The molecule has 2 atom stereocenters. The Morgan fingerprint density at radius 2 is 1.55 bits per heavy atom. The van der Waals surface area contributed by atoms with E-state index in [0.29, 0.717) is 30.1 Å². The van der Waals surface area contributed by atoms with E-state index in [0.717, 1.165) is 44.0 Å². The van der Waals surface area contributed by atoms with Gasteiger partial charge in [0.15, 0.2) is 5.69 Å². The summed E-state index contributed by atoms with van der Waals surface area (Å²) in [6.07, 6.45) is 1.65. The molecule has 2 aromatic heterocycles. The molecule has 0 aliphatic heterocycles. The fourth-order valence-electron chi connectivity index (χ4n) is 6.45. The highest BCUT2D eigenvalue weighted by atomic mass is 19.4. The number of carbonyl (C=O) groups excluding carboxylic acids is 2. The molecule has 0 spiro atoms. The zero-order valence-electron chi connectivity index (χ0n) is 18.1. The van der Waals surface area contributed by atoms with Gasteiger partial charge in [-0.3, -0.25) is 14.6 Å². The van der Waals surface area contributed by atoms with E-state index in [4.69, 9.17) is 0 Å².